The van der Waals surface area contributed by atoms with Crippen LogP contribution in [0, 0.1) is 0 Å². The zero-order valence-corrected chi connectivity index (χ0v) is 13.1. The molecule has 106 valence electrons. The van der Waals surface area contributed by atoms with Gasteiger partial charge in [-0.05, 0) is 38.2 Å². The molecular weight excluding hydrogens is 290 g/mol. The van der Waals surface area contributed by atoms with E-state index in [2.05, 4.69) is 9.80 Å². The Kier molecular flexibility index (Phi) is 3.10. The summed E-state index contributed by atoms with van der Waals surface area (Å²) >= 11 is 10.9. The van der Waals surface area contributed by atoms with Gasteiger partial charge < -0.3 is 20.3 Å². The molecule has 2 aliphatic heterocycles. The second-order valence-electron chi connectivity index (χ2n) is 5.62. The van der Waals surface area contributed by atoms with Gasteiger partial charge in [-0.25, -0.2) is 0 Å². The van der Waals surface area contributed by atoms with Crippen LogP contribution in [0.1, 0.15) is 13.8 Å². The van der Waals surface area contributed by atoms with E-state index in [4.69, 9.17) is 34.9 Å². The highest BCUT2D eigenvalue weighted by molar-refractivity contribution is 7.81. The molecule has 4 nitrogen and oxygen atoms in total. The average molecular weight is 307 g/mol. The van der Waals surface area contributed by atoms with Crippen LogP contribution in [0.25, 0.3) is 0 Å². The van der Waals surface area contributed by atoms with Gasteiger partial charge in [-0.2, -0.15) is 0 Å². The number of thiocarbonyl (C=S) groups is 2. The topological polar surface area (TPSA) is 41.7 Å². The van der Waals surface area contributed by atoms with Gasteiger partial charge in [0.1, 0.15) is 12.4 Å². The summed E-state index contributed by atoms with van der Waals surface area (Å²) in [5, 5.41) is 0.767. The molecule has 2 heterocycles. The Morgan fingerprint density at radius 1 is 1.40 bits per heavy atom. The Morgan fingerprint density at radius 2 is 2.10 bits per heavy atom. The van der Waals surface area contributed by atoms with Crippen molar-refractivity contribution in [1.29, 1.82) is 0 Å². The predicted octanol–water partition coefficient (Wildman–Crippen LogP) is 1.92. The van der Waals surface area contributed by atoms with Gasteiger partial charge in [-0.3, -0.25) is 0 Å². The summed E-state index contributed by atoms with van der Waals surface area (Å²) in [5.41, 5.74) is 6.47. The summed E-state index contributed by atoms with van der Waals surface area (Å²) in [7, 11) is 0. The fourth-order valence-corrected chi connectivity index (χ4v) is 3.31. The molecule has 1 fully saturated rings. The van der Waals surface area contributed by atoms with Gasteiger partial charge in [0.15, 0.2) is 5.11 Å². The zero-order valence-electron chi connectivity index (χ0n) is 11.5. The van der Waals surface area contributed by atoms with E-state index in [1.54, 1.807) is 0 Å². The lowest BCUT2D eigenvalue weighted by molar-refractivity contribution is 0.247. The normalized spacial score (nSPS) is 21.3. The fraction of sp³-hybridized carbons (Fsp3) is 0.429. The number of nitrogens with two attached hydrogens (primary N) is 1. The number of rotatable bonds is 2. The minimum absolute atomic E-state index is 0.214. The Labute approximate surface area is 129 Å². The van der Waals surface area contributed by atoms with Gasteiger partial charge in [0.25, 0.3) is 0 Å². The fourth-order valence-electron chi connectivity index (χ4n) is 2.65. The highest BCUT2D eigenvalue weighted by Gasteiger charge is 2.45. The third-order valence-corrected chi connectivity index (χ3v) is 4.95. The van der Waals surface area contributed by atoms with E-state index in [-0.39, 0.29) is 6.04 Å². The first-order chi connectivity index (χ1) is 9.43. The molecule has 2 aliphatic rings. The monoisotopic (exact) mass is 307 g/mol. The molecule has 0 aromatic heterocycles. The van der Waals surface area contributed by atoms with Crippen molar-refractivity contribution in [3.8, 4) is 5.75 Å². The molecule has 6 heteroatoms. The maximum atomic E-state index is 5.88. The molecule has 0 bridgehead atoms. The van der Waals surface area contributed by atoms with Gasteiger partial charge in [-0.15, -0.1) is 0 Å². The van der Waals surface area contributed by atoms with Crippen molar-refractivity contribution in [1.82, 2.24) is 4.90 Å². The first-order valence-corrected chi connectivity index (χ1v) is 7.37. The van der Waals surface area contributed by atoms with Crippen molar-refractivity contribution >= 4 is 40.2 Å². The molecule has 1 saturated heterocycles. The summed E-state index contributed by atoms with van der Waals surface area (Å²) in [6, 6.07) is 8.18. The Bertz CT molecular complexity index is 588. The van der Waals surface area contributed by atoms with Crippen LogP contribution in [0.3, 0.4) is 0 Å². The maximum absolute atomic E-state index is 5.88. The first-order valence-electron chi connectivity index (χ1n) is 6.55. The molecule has 1 aromatic rings. The number of para-hydroxylation sites is 2. The summed E-state index contributed by atoms with van der Waals surface area (Å²) in [4.78, 5) is 4.71. The third-order valence-electron chi connectivity index (χ3n) is 4.03. The van der Waals surface area contributed by atoms with Crippen LogP contribution >= 0.6 is 24.4 Å². The van der Waals surface area contributed by atoms with Gasteiger partial charge in [0.2, 0.25) is 0 Å². The van der Waals surface area contributed by atoms with Crippen molar-refractivity contribution in [3.05, 3.63) is 24.3 Å². The average Bonchev–Trinajstić information content (AvgIpc) is 2.77. The summed E-state index contributed by atoms with van der Waals surface area (Å²) in [5.74, 6) is 0.876. The number of benzene rings is 1. The number of ether oxygens (including phenoxy) is 1. The standard InChI is InChI=1S/C14H17N3OS2/c1-14(2,12(15)19)16-7-9-8-18-11-6-4-3-5-10(11)17(9)13(16)20/h3-6,9H,7-8H2,1-2H3,(H2,15,19). The third kappa shape index (κ3) is 1.86. The SMILES string of the molecule is CC(C)(C(N)=S)N1CC2COc3ccccc3N2C1=S. The summed E-state index contributed by atoms with van der Waals surface area (Å²) in [6.07, 6.45) is 0. The van der Waals surface area contributed by atoms with Gasteiger partial charge in [-0.1, -0.05) is 24.4 Å². The molecule has 2 N–H and O–H groups in total. The van der Waals surface area contributed by atoms with Crippen LogP contribution < -0.4 is 15.4 Å². The van der Waals surface area contributed by atoms with E-state index in [0.29, 0.717) is 11.6 Å². The lowest BCUT2D eigenvalue weighted by Gasteiger charge is -2.36. The first kappa shape index (κ1) is 13.6. The number of hydrogen-bond acceptors (Lipinski definition) is 3. The van der Waals surface area contributed by atoms with E-state index in [1.807, 2.05) is 38.1 Å². The number of fused-ring (bicyclic) bond motifs is 3. The molecular formula is C14H17N3OS2. The van der Waals surface area contributed by atoms with Crippen LogP contribution in [-0.4, -0.2) is 39.7 Å². The van der Waals surface area contributed by atoms with E-state index < -0.39 is 5.54 Å². The van der Waals surface area contributed by atoms with E-state index >= 15 is 0 Å². The Balaban J connectivity index is 1.99. The van der Waals surface area contributed by atoms with Crippen LogP contribution in [0.2, 0.25) is 0 Å². The van der Waals surface area contributed by atoms with Gasteiger partial charge in [0, 0.05) is 6.54 Å². The Morgan fingerprint density at radius 3 is 2.80 bits per heavy atom. The van der Waals surface area contributed by atoms with Gasteiger partial charge in [0.05, 0.1) is 22.3 Å². The Hall–Kier alpha value is -1.40. The molecule has 1 unspecified atom stereocenters. The van der Waals surface area contributed by atoms with Crippen molar-refractivity contribution in [2.24, 2.45) is 5.73 Å². The van der Waals surface area contributed by atoms with E-state index in [9.17, 15) is 0 Å². The number of nitrogens with zero attached hydrogens (tertiary/aromatic N) is 2. The highest BCUT2D eigenvalue weighted by atomic mass is 32.1. The van der Waals surface area contributed by atoms with Crippen molar-refractivity contribution in [2.75, 3.05) is 18.1 Å². The number of hydrogen-bond donors (Lipinski definition) is 1. The van der Waals surface area contributed by atoms with Crippen molar-refractivity contribution < 1.29 is 4.74 Å². The maximum Gasteiger partial charge on any atom is 0.177 e. The van der Waals surface area contributed by atoms with Crippen molar-refractivity contribution in [3.63, 3.8) is 0 Å². The summed E-state index contributed by atoms with van der Waals surface area (Å²) in [6.45, 7) is 5.41. The minimum atomic E-state index is -0.432. The highest BCUT2D eigenvalue weighted by Crippen LogP contribution is 2.39. The van der Waals surface area contributed by atoms with Crippen LogP contribution in [0.4, 0.5) is 5.69 Å². The van der Waals surface area contributed by atoms with Crippen LogP contribution in [0.15, 0.2) is 24.3 Å². The number of anilines is 1. The summed E-state index contributed by atoms with van der Waals surface area (Å²) < 4.78 is 5.82. The van der Waals surface area contributed by atoms with Gasteiger partial charge >= 0.3 is 0 Å². The molecule has 0 saturated carbocycles. The molecule has 0 spiro atoms. The zero-order chi connectivity index (χ0) is 14.5. The molecule has 1 atom stereocenters. The van der Waals surface area contributed by atoms with Crippen LogP contribution in [0.5, 0.6) is 5.75 Å². The molecule has 3 rings (SSSR count). The van der Waals surface area contributed by atoms with Crippen LogP contribution in [-0.2, 0) is 0 Å². The molecule has 0 amide bonds. The minimum Gasteiger partial charge on any atom is -0.489 e. The predicted molar refractivity (Wildman–Crippen MR) is 88.4 cm³/mol. The molecule has 1 aromatic carbocycles. The quantitative estimate of drug-likeness (QED) is 0.842. The second-order valence-corrected chi connectivity index (χ2v) is 6.42. The van der Waals surface area contributed by atoms with Crippen molar-refractivity contribution in [2.45, 2.75) is 25.4 Å². The molecule has 0 aliphatic carbocycles. The second kappa shape index (κ2) is 4.56. The largest absolute Gasteiger partial charge is 0.489 e. The lowest BCUT2D eigenvalue weighted by atomic mass is 10.0. The molecule has 20 heavy (non-hydrogen) atoms. The molecule has 0 radical (unpaired) electrons. The van der Waals surface area contributed by atoms with E-state index in [0.717, 1.165) is 23.1 Å². The van der Waals surface area contributed by atoms with E-state index in [1.165, 1.54) is 0 Å². The smallest absolute Gasteiger partial charge is 0.177 e. The lowest BCUT2D eigenvalue weighted by Crippen LogP contribution is -2.53.